The van der Waals surface area contributed by atoms with Crippen molar-refractivity contribution < 1.29 is 13.9 Å². The van der Waals surface area contributed by atoms with E-state index in [1.165, 1.54) is 12.8 Å². The molecule has 0 bridgehead atoms. The highest BCUT2D eigenvalue weighted by Gasteiger charge is 2.50. The van der Waals surface area contributed by atoms with Gasteiger partial charge in [-0.2, -0.15) is 0 Å². The molecule has 0 spiro atoms. The Kier molecular flexibility index (Phi) is 5.74. The third kappa shape index (κ3) is 3.89. The zero-order valence-corrected chi connectivity index (χ0v) is 14.6. The van der Waals surface area contributed by atoms with Crippen molar-refractivity contribution in [3.63, 3.8) is 0 Å². The zero-order chi connectivity index (χ0) is 16.9. The van der Waals surface area contributed by atoms with Crippen LogP contribution < -0.4 is 5.73 Å². The molecule has 1 aromatic rings. The quantitative estimate of drug-likeness (QED) is 0.773. The molecule has 0 aromatic carbocycles. The third-order valence-corrected chi connectivity index (χ3v) is 4.99. The maximum atomic E-state index is 10.7. The summed E-state index contributed by atoms with van der Waals surface area (Å²) in [6.07, 6.45) is 6.30. The topological polar surface area (TPSA) is 68.7 Å². The summed E-state index contributed by atoms with van der Waals surface area (Å²) in [5.74, 6) is 1.04. The summed E-state index contributed by atoms with van der Waals surface area (Å²) >= 11 is 0. The van der Waals surface area contributed by atoms with Crippen molar-refractivity contribution in [3.8, 4) is 0 Å². The Balaban J connectivity index is 2.17. The van der Waals surface area contributed by atoms with Crippen LogP contribution in [0.1, 0.15) is 58.6 Å². The number of amides is 1. The molecule has 1 unspecified atom stereocenters. The largest absolute Gasteiger partial charge is 0.467 e. The predicted octanol–water partition coefficient (Wildman–Crippen LogP) is 3.88. The molecule has 0 aliphatic carbocycles. The number of nitrogens with two attached hydrogens (primary N) is 1. The number of rotatable bonds is 7. The van der Waals surface area contributed by atoms with Crippen molar-refractivity contribution in [1.29, 1.82) is 0 Å². The first kappa shape index (κ1) is 17.9. The third-order valence-electron chi connectivity index (χ3n) is 4.99. The van der Waals surface area contributed by atoms with Crippen LogP contribution in [-0.2, 0) is 10.3 Å². The van der Waals surface area contributed by atoms with E-state index in [0.29, 0.717) is 6.61 Å². The Morgan fingerprint density at radius 2 is 2.00 bits per heavy atom. The molecule has 1 aliphatic heterocycles. The number of ether oxygens (including phenoxy) is 1. The predicted molar refractivity (Wildman–Crippen MR) is 90.0 cm³/mol. The number of hydrogen-bond acceptors (Lipinski definition) is 4. The second-order valence-electron chi connectivity index (χ2n) is 7.41. The lowest BCUT2D eigenvalue weighted by atomic mass is 9.68. The Labute approximate surface area is 139 Å². The number of likely N-dealkylation sites (tertiary alicyclic amines) is 1. The Morgan fingerprint density at radius 1 is 1.30 bits per heavy atom. The minimum atomic E-state index is -0.697. The van der Waals surface area contributed by atoms with Gasteiger partial charge in [0.1, 0.15) is 5.76 Å². The van der Waals surface area contributed by atoms with Crippen LogP contribution in [0, 0.1) is 5.41 Å². The number of hydrogen-bond donors (Lipinski definition) is 1. The average Bonchev–Trinajstić information content (AvgIpc) is 3.14. The fraction of sp³-hybridized carbons (Fsp3) is 0.722. The molecule has 1 fully saturated rings. The van der Waals surface area contributed by atoms with Crippen molar-refractivity contribution >= 4 is 6.09 Å². The molecule has 2 rings (SSSR count). The van der Waals surface area contributed by atoms with E-state index >= 15 is 0 Å². The summed E-state index contributed by atoms with van der Waals surface area (Å²) in [5, 5.41) is 0. The Morgan fingerprint density at radius 3 is 2.52 bits per heavy atom. The van der Waals surface area contributed by atoms with Crippen LogP contribution >= 0.6 is 0 Å². The first-order chi connectivity index (χ1) is 10.9. The van der Waals surface area contributed by atoms with Gasteiger partial charge in [0.15, 0.2) is 0 Å². The van der Waals surface area contributed by atoms with Crippen LogP contribution in [0.15, 0.2) is 22.8 Å². The lowest BCUT2D eigenvalue weighted by molar-refractivity contribution is -0.0248. The van der Waals surface area contributed by atoms with Crippen molar-refractivity contribution in [2.24, 2.45) is 11.1 Å². The van der Waals surface area contributed by atoms with Crippen LogP contribution in [0.25, 0.3) is 0 Å². The number of unbranched alkanes of at least 4 members (excludes halogenated alkanes) is 1. The minimum Gasteiger partial charge on any atom is -0.467 e. The number of carbonyl (C=O) groups excluding carboxylic acids is 1. The summed E-state index contributed by atoms with van der Waals surface area (Å²) in [7, 11) is 0. The van der Waals surface area contributed by atoms with Gasteiger partial charge in [-0.25, -0.2) is 4.79 Å². The van der Waals surface area contributed by atoms with E-state index in [1.807, 2.05) is 6.07 Å². The van der Waals surface area contributed by atoms with Gasteiger partial charge in [0.25, 0.3) is 0 Å². The minimum absolute atomic E-state index is 0.0414. The fourth-order valence-electron chi connectivity index (χ4n) is 3.92. The molecule has 1 aliphatic rings. The summed E-state index contributed by atoms with van der Waals surface area (Å²) in [4.78, 5) is 13.3. The Hall–Kier alpha value is -1.49. The molecule has 130 valence electrons. The Bertz CT molecular complexity index is 487. The van der Waals surface area contributed by atoms with Crippen LogP contribution in [0.4, 0.5) is 4.79 Å². The molecule has 23 heavy (non-hydrogen) atoms. The monoisotopic (exact) mass is 322 g/mol. The van der Waals surface area contributed by atoms with Gasteiger partial charge >= 0.3 is 6.09 Å². The first-order valence-corrected chi connectivity index (χ1v) is 8.59. The molecule has 1 atom stereocenters. The molecule has 2 N–H and O–H groups in total. The van der Waals surface area contributed by atoms with Gasteiger partial charge in [0, 0.05) is 0 Å². The van der Waals surface area contributed by atoms with Crippen LogP contribution in [0.5, 0.6) is 0 Å². The lowest BCUT2D eigenvalue weighted by Gasteiger charge is -2.50. The molecular formula is C18H30N2O3. The van der Waals surface area contributed by atoms with E-state index in [9.17, 15) is 4.79 Å². The highest BCUT2D eigenvalue weighted by Crippen LogP contribution is 2.49. The molecule has 5 nitrogen and oxygen atoms in total. The van der Waals surface area contributed by atoms with E-state index in [4.69, 9.17) is 14.9 Å². The maximum Gasteiger partial charge on any atom is 0.404 e. The molecule has 0 radical (unpaired) electrons. The number of carbonyl (C=O) groups is 1. The maximum absolute atomic E-state index is 10.7. The van der Waals surface area contributed by atoms with Crippen LogP contribution in [-0.4, -0.2) is 30.7 Å². The van der Waals surface area contributed by atoms with E-state index in [2.05, 4.69) is 31.7 Å². The van der Waals surface area contributed by atoms with Gasteiger partial charge in [-0.3, -0.25) is 4.90 Å². The molecule has 1 amide bonds. The molecular weight excluding hydrogens is 292 g/mol. The van der Waals surface area contributed by atoms with Crippen molar-refractivity contribution in [2.45, 2.75) is 58.4 Å². The van der Waals surface area contributed by atoms with E-state index < -0.39 is 6.09 Å². The molecule has 1 aromatic heterocycles. The molecule has 0 saturated carbocycles. The standard InChI is InChI=1S/C18H30N2O3/c1-17(2,3)18(15-9-8-14-22-15,20-11-5-6-12-20)10-4-7-13-23-16(19)21/h8-9,14H,4-7,10-13H2,1-3H3,(H2,19,21). The van der Waals surface area contributed by atoms with E-state index in [0.717, 1.165) is 38.1 Å². The van der Waals surface area contributed by atoms with E-state index in [1.54, 1.807) is 6.26 Å². The first-order valence-electron chi connectivity index (χ1n) is 8.59. The van der Waals surface area contributed by atoms with Gasteiger partial charge in [0.2, 0.25) is 0 Å². The summed E-state index contributed by atoms with van der Waals surface area (Å²) in [5.41, 5.74) is 4.94. The molecule has 5 heteroatoms. The second-order valence-corrected chi connectivity index (χ2v) is 7.41. The number of nitrogens with zero attached hydrogens (tertiary/aromatic N) is 1. The molecule has 1 saturated heterocycles. The summed E-state index contributed by atoms with van der Waals surface area (Å²) in [6.45, 7) is 9.45. The SMILES string of the molecule is CC(C)(C)C(CCCCOC(N)=O)(c1ccco1)N1CCCC1. The van der Waals surface area contributed by atoms with Crippen molar-refractivity contribution in [3.05, 3.63) is 24.2 Å². The van der Waals surface area contributed by atoms with Gasteiger partial charge < -0.3 is 14.9 Å². The number of primary amides is 1. The zero-order valence-electron chi connectivity index (χ0n) is 14.6. The van der Waals surface area contributed by atoms with Crippen molar-refractivity contribution in [2.75, 3.05) is 19.7 Å². The highest BCUT2D eigenvalue weighted by molar-refractivity contribution is 5.64. The van der Waals surface area contributed by atoms with Crippen molar-refractivity contribution in [1.82, 2.24) is 4.90 Å². The van der Waals surface area contributed by atoms with Gasteiger partial charge in [0.05, 0.1) is 18.4 Å². The lowest BCUT2D eigenvalue weighted by Crippen LogP contribution is -2.53. The normalized spacial score (nSPS) is 18.7. The average molecular weight is 322 g/mol. The number of furan rings is 1. The van der Waals surface area contributed by atoms with Gasteiger partial charge in [-0.15, -0.1) is 0 Å². The second kappa shape index (κ2) is 7.39. The van der Waals surface area contributed by atoms with E-state index in [-0.39, 0.29) is 11.0 Å². The smallest absolute Gasteiger partial charge is 0.404 e. The van der Waals surface area contributed by atoms with Gasteiger partial charge in [-0.05, 0) is 62.7 Å². The highest BCUT2D eigenvalue weighted by atomic mass is 16.5. The van der Waals surface area contributed by atoms with Crippen LogP contribution in [0.2, 0.25) is 0 Å². The van der Waals surface area contributed by atoms with Crippen LogP contribution in [0.3, 0.4) is 0 Å². The summed E-state index contributed by atoms with van der Waals surface area (Å²) < 4.78 is 10.7. The summed E-state index contributed by atoms with van der Waals surface area (Å²) in [6, 6.07) is 4.07. The molecule has 2 heterocycles. The van der Waals surface area contributed by atoms with Gasteiger partial charge in [-0.1, -0.05) is 20.8 Å². The fourth-order valence-corrected chi connectivity index (χ4v) is 3.92.